The Balaban J connectivity index is 2.06. The number of aryl methyl sites for hydroxylation is 1. The van der Waals surface area contributed by atoms with Crippen LogP contribution >= 0.6 is 0 Å². The molecule has 0 aliphatic heterocycles. The lowest BCUT2D eigenvalue weighted by atomic mass is 10.1. The van der Waals surface area contributed by atoms with Gasteiger partial charge in [-0.3, -0.25) is 0 Å². The predicted octanol–water partition coefficient (Wildman–Crippen LogP) is 3.72. The predicted molar refractivity (Wildman–Crippen MR) is 76.6 cm³/mol. The molecule has 1 aromatic heterocycles. The quantitative estimate of drug-likeness (QED) is 0.694. The summed E-state index contributed by atoms with van der Waals surface area (Å²) in [7, 11) is 0. The molecule has 0 spiro atoms. The molecular formula is C16H15FN2. The number of anilines is 1. The van der Waals surface area contributed by atoms with Crippen molar-refractivity contribution in [1.82, 2.24) is 4.57 Å². The van der Waals surface area contributed by atoms with E-state index in [1.54, 1.807) is 6.07 Å². The monoisotopic (exact) mass is 254 g/mol. The molecule has 0 saturated heterocycles. The number of hydrogen-bond acceptors (Lipinski definition) is 1. The van der Waals surface area contributed by atoms with Gasteiger partial charge in [0.05, 0.1) is 5.52 Å². The highest BCUT2D eigenvalue weighted by Gasteiger charge is 2.06. The third kappa shape index (κ3) is 2.08. The highest BCUT2D eigenvalue weighted by atomic mass is 19.1. The maximum absolute atomic E-state index is 13.3. The Morgan fingerprint density at radius 1 is 1.16 bits per heavy atom. The topological polar surface area (TPSA) is 30.9 Å². The molecule has 3 aromatic rings. The number of benzene rings is 2. The zero-order valence-electron chi connectivity index (χ0n) is 10.7. The standard InChI is InChI=1S/C16H15FN2/c1-11-5-6-13(17)9-12(11)10-19-8-7-14-15(18)3-2-4-16(14)19/h2-9H,10,18H2,1H3. The van der Waals surface area contributed by atoms with Gasteiger partial charge < -0.3 is 10.3 Å². The van der Waals surface area contributed by atoms with Gasteiger partial charge in [-0.2, -0.15) is 0 Å². The number of nitrogen functional groups attached to an aromatic ring is 1. The van der Waals surface area contributed by atoms with E-state index in [1.165, 1.54) is 6.07 Å². The Hall–Kier alpha value is -2.29. The summed E-state index contributed by atoms with van der Waals surface area (Å²) in [4.78, 5) is 0. The highest BCUT2D eigenvalue weighted by Crippen LogP contribution is 2.23. The molecule has 0 bridgehead atoms. The number of nitrogens with zero attached hydrogens (tertiary/aromatic N) is 1. The largest absolute Gasteiger partial charge is 0.398 e. The molecule has 19 heavy (non-hydrogen) atoms. The fourth-order valence-corrected chi connectivity index (χ4v) is 2.38. The Morgan fingerprint density at radius 3 is 2.84 bits per heavy atom. The van der Waals surface area contributed by atoms with Crippen molar-refractivity contribution < 1.29 is 4.39 Å². The van der Waals surface area contributed by atoms with Crippen LogP contribution in [0, 0.1) is 12.7 Å². The highest BCUT2D eigenvalue weighted by molar-refractivity contribution is 5.91. The molecule has 2 nitrogen and oxygen atoms in total. The first kappa shape index (κ1) is 11.8. The molecule has 0 unspecified atom stereocenters. The maximum Gasteiger partial charge on any atom is 0.123 e. The van der Waals surface area contributed by atoms with E-state index in [0.29, 0.717) is 6.54 Å². The zero-order valence-corrected chi connectivity index (χ0v) is 10.7. The van der Waals surface area contributed by atoms with E-state index in [4.69, 9.17) is 5.73 Å². The van der Waals surface area contributed by atoms with Crippen molar-refractivity contribution >= 4 is 16.6 Å². The van der Waals surface area contributed by atoms with Gasteiger partial charge in [-0.25, -0.2) is 4.39 Å². The first-order chi connectivity index (χ1) is 9.15. The van der Waals surface area contributed by atoms with E-state index in [1.807, 2.05) is 43.5 Å². The van der Waals surface area contributed by atoms with E-state index in [2.05, 4.69) is 4.57 Å². The van der Waals surface area contributed by atoms with Gasteiger partial charge in [-0.05, 0) is 48.4 Å². The summed E-state index contributed by atoms with van der Waals surface area (Å²) in [5.74, 6) is -0.198. The minimum atomic E-state index is -0.198. The van der Waals surface area contributed by atoms with E-state index in [0.717, 1.165) is 27.7 Å². The Bertz CT molecular complexity index is 744. The van der Waals surface area contributed by atoms with Crippen LogP contribution < -0.4 is 5.73 Å². The Kier molecular flexibility index (Phi) is 2.75. The van der Waals surface area contributed by atoms with E-state index in [9.17, 15) is 4.39 Å². The van der Waals surface area contributed by atoms with Gasteiger partial charge in [0.2, 0.25) is 0 Å². The molecule has 3 heteroatoms. The first-order valence-electron chi connectivity index (χ1n) is 6.23. The number of nitrogens with two attached hydrogens (primary N) is 1. The smallest absolute Gasteiger partial charge is 0.123 e. The van der Waals surface area contributed by atoms with Crippen LogP contribution in [0.15, 0.2) is 48.7 Å². The van der Waals surface area contributed by atoms with E-state index in [-0.39, 0.29) is 5.82 Å². The lowest BCUT2D eigenvalue weighted by molar-refractivity contribution is 0.623. The van der Waals surface area contributed by atoms with Crippen molar-refractivity contribution in [3.05, 3.63) is 65.6 Å². The third-order valence-corrected chi connectivity index (χ3v) is 3.50. The Labute approximate surface area is 111 Å². The fourth-order valence-electron chi connectivity index (χ4n) is 2.38. The average Bonchev–Trinajstić information content (AvgIpc) is 2.79. The van der Waals surface area contributed by atoms with E-state index < -0.39 is 0 Å². The molecule has 2 N–H and O–H groups in total. The maximum atomic E-state index is 13.3. The summed E-state index contributed by atoms with van der Waals surface area (Å²) >= 11 is 0. The summed E-state index contributed by atoms with van der Waals surface area (Å²) in [6, 6.07) is 12.7. The minimum Gasteiger partial charge on any atom is -0.398 e. The fraction of sp³-hybridized carbons (Fsp3) is 0.125. The van der Waals surface area contributed by atoms with Crippen LogP contribution in [-0.2, 0) is 6.54 Å². The molecule has 0 aliphatic rings. The summed E-state index contributed by atoms with van der Waals surface area (Å²) < 4.78 is 15.4. The second-order valence-corrected chi connectivity index (χ2v) is 4.79. The molecule has 0 aliphatic carbocycles. The van der Waals surface area contributed by atoms with Crippen molar-refractivity contribution in [1.29, 1.82) is 0 Å². The van der Waals surface area contributed by atoms with Crippen LogP contribution in [0.2, 0.25) is 0 Å². The van der Waals surface area contributed by atoms with Crippen molar-refractivity contribution in [2.24, 2.45) is 0 Å². The summed E-state index contributed by atoms with van der Waals surface area (Å²) in [5.41, 5.74) is 9.86. The van der Waals surface area contributed by atoms with Gasteiger partial charge in [0, 0.05) is 23.8 Å². The molecular weight excluding hydrogens is 239 g/mol. The van der Waals surface area contributed by atoms with Crippen LogP contribution in [0.4, 0.5) is 10.1 Å². The van der Waals surface area contributed by atoms with E-state index >= 15 is 0 Å². The minimum absolute atomic E-state index is 0.198. The van der Waals surface area contributed by atoms with Crippen LogP contribution in [-0.4, -0.2) is 4.57 Å². The van der Waals surface area contributed by atoms with Crippen LogP contribution in [0.3, 0.4) is 0 Å². The molecule has 0 amide bonds. The molecule has 0 atom stereocenters. The summed E-state index contributed by atoms with van der Waals surface area (Å²) in [6.45, 7) is 2.64. The van der Waals surface area contributed by atoms with Crippen molar-refractivity contribution in [2.45, 2.75) is 13.5 Å². The summed E-state index contributed by atoms with van der Waals surface area (Å²) in [6.07, 6.45) is 1.99. The molecule has 0 saturated carbocycles. The third-order valence-electron chi connectivity index (χ3n) is 3.50. The number of rotatable bonds is 2. The van der Waals surface area contributed by atoms with Gasteiger partial charge in [0.15, 0.2) is 0 Å². The SMILES string of the molecule is Cc1ccc(F)cc1Cn1ccc2c(N)cccc21. The number of halogens is 1. The van der Waals surface area contributed by atoms with Gasteiger partial charge in [-0.1, -0.05) is 12.1 Å². The second-order valence-electron chi connectivity index (χ2n) is 4.79. The van der Waals surface area contributed by atoms with Crippen LogP contribution in [0.5, 0.6) is 0 Å². The lowest BCUT2D eigenvalue weighted by Crippen LogP contribution is -2.00. The van der Waals surface area contributed by atoms with Crippen LogP contribution in [0.1, 0.15) is 11.1 Å². The molecule has 3 rings (SSSR count). The van der Waals surface area contributed by atoms with Crippen molar-refractivity contribution in [2.75, 3.05) is 5.73 Å². The molecule has 0 fully saturated rings. The molecule has 0 radical (unpaired) electrons. The van der Waals surface area contributed by atoms with Crippen LogP contribution in [0.25, 0.3) is 10.9 Å². The molecule has 1 heterocycles. The van der Waals surface area contributed by atoms with Gasteiger partial charge in [0.25, 0.3) is 0 Å². The molecule has 2 aromatic carbocycles. The van der Waals surface area contributed by atoms with Crippen molar-refractivity contribution in [3.63, 3.8) is 0 Å². The second kappa shape index (κ2) is 4.43. The lowest BCUT2D eigenvalue weighted by Gasteiger charge is -2.09. The number of hydrogen-bond donors (Lipinski definition) is 1. The van der Waals surface area contributed by atoms with Crippen molar-refractivity contribution in [3.8, 4) is 0 Å². The normalized spacial score (nSPS) is 11.1. The zero-order chi connectivity index (χ0) is 13.4. The molecule has 96 valence electrons. The van der Waals surface area contributed by atoms with Gasteiger partial charge in [-0.15, -0.1) is 0 Å². The Morgan fingerprint density at radius 2 is 2.00 bits per heavy atom. The van der Waals surface area contributed by atoms with Gasteiger partial charge >= 0.3 is 0 Å². The van der Waals surface area contributed by atoms with Gasteiger partial charge in [0.1, 0.15) is 5.82 Å². The first-order valence-corrected chi connectivity index (χ1v) is 6.23. The number of fused-ring (bicyclic) bond motifs is 1. The number of aromatic nitrogens is 1. The summed E-state index contributed by atoms with van der Waals surface area (Å²) in [5, 5.41) is 1.04. The average molecular weight is 254 g/mol.